The van der Waals surface area contributed by atoms with Gasteiger partial charge < -0.3 is 5.32 Å². The second-order valence-corrected chi connectivity index (χ2v) is 9.39. The molecule has 0 spiro atoms. The largest absolute Gasteiger partial charge is 0.335 e. The van der Waals surface area contributed by atoms with Crippen molar-refractivity contribution in [3.05, 3.63) is 35.9 Å². The smallest absolute Gasteiger partial charge is 0.321 e. The number of carbonyl (C=O) groups excluding carboxylic acids is 2. The molecule has 1 heterocycles. The molecule has 1 aromatic rings. The molecule has 1 aromatic carbocycles. The highest BCUT2D eigenvalue weighted by Gasteiger charge is 2.28. The minimum Gasteiger partial charge on any atom is -0.335 e. The van der Waals surface area contributed by atoms with Gasteiger partial charge in [0.1, 0.15) is 0 Å². The van der Waals surface area contributed by atoms with E-state index in [4.69, 9.17) is 0 Å². The molecule has 0 unspecified atom stereocenters. The van der Waals surface area contributed by atoms with Gasteiger partial charge in [0.25, 0.3) is 0 Å². The molecule has 1 saturated heterocycles. The third-order valence-electron chi connectivity index (χ3n) is 5.23. The third-order valence-corrected chi connectivity index (χ3v) is 7.08. The molecule has 0 atom stereocenters. The monoisotopic (exact) mass is 408 g/mol. The van der Waals surface area contributed by atoms with Gasteiger partial charge in [-0.2, -0.15) is 4.31 Å². The van der Waals surface area contributed by atoms with Crippen molar-refractivity contribution in [2.24, 2.45) is 0 Å². The summed E-state index contributed by atoms with van der Waals surface area (Å²) in [7, 11) is -3.38. The number of urea groups is 1. The van der Waals surface area contributed by atoms with Crippen molar-refractivity contribution in [1.29, 1.82) is 0 Å². The van der Waals surface area contributed by atoms with Crippen LogP contribution in [0.25, 0.3) is 0 Å². The van der Waals surface area contributed by atoms with Gasteiger partial charge in [0.2, 0.25) is 15.9 Å². The molecule has 1 aliphatic carbocycles. The molecule has 154 valence electrons. The summed E-state index contributed by atoms with van der Waals surface area (Å²) in [5.41, 5.74) is 0.762. The first-order chi connectivity index (χ1) is 13.4. The van der Waals surface area contributed by atoms with Gasteiger partial charge in [0.15, 0.2) is 0 Å². The molecule has 1 saturated carbocycles. The Balaban J connectivity index is 1.40. The summed E-state index contributed by atoms with van der Waals surface area (Å²) in [6, 6.07) is 8.82. The normalized spacial score (nSPS) is 19.4. The maximum atomic E-state index is 12.6. The maximum Gasteiger partial charge on any atom is 0.321 e. The number of piperazine rings is 1. The molecule has 3 amide bonds. The van der Waals surface area contributed by atoms with Crippen LogP contribution in [0.4, 0.5) is 4.79 Å². The van der Waals surface area contributed by atoms with Crippen molar-refractivity contribution in [1.82, 2.24) is 19.8 Å². The van der Waals surface area contributed by atoms with Crippen molar-refractivity contribution >= 4 is 22.0 Å². The van der Waals surface area contributed by atoms with E-state index in [0.717, 1.165) is 31.2 Å². The van der Waals surface area contributed by atoms with Crippen LogP contribution in [-0.4, -0.2) is 68.3 Å². The molecular weight excluding hydrogens is 380 g/mol. The lowest BCUT2D eigenvalue weighted by Gasteiger charge is -2.33. The Morgan fingerprint density at radius 3 is 2.29 bits per heavy atom. The molecule has 2 aliphatic rings. The minimum absolute atomic E-state index is 0.0182. The lowest BCUT2D eigenvalue weighted by atomic mass is 10.2. The van der Waals surface area contributed by atoms with Crippen LogP contribution in [0.1, 0.15) is 31.2 Å². The SMILES string of the molecule is O=C(CN1CCN(S(=O)(=O)Cc2ccccc2)CC1)NC(=O)NC1CCCC1. The summed E-state index contributed by atoms with van der Waals surface area (Å²) in [5.74, 6) is -0.383. The first kappa shape index (κ1) is 20.8. The maximum absolute atomic E-state index is 12.6. The van der Waals surface area contributed by atoms with Gasteiger partial charge >= 0.3 is 6.03 Å². The van der Waals surface area contributed by atoms with E-state index in [1.165, 1.54) is 4.31 Å². The zero-order valence-electron chi connectivity index (χ0n) is 16.0. The van der Waals surface area contributed by atoms with Crippen LogP contribution < -0.4 is 10.6 Å². The molecule has 3 rings (SSSR count). The molecule has 2 fully saturated rings. The fraction of sp³-hybridized carbons (Fsp3) is 0.579. The van der Waals surface area contributed by atoms with Crippen LogP contribution in [0.3, 0.4) is 0 Å². The van der Waals surface area contributed by atoms with Crippen molar-refractivity contribution in [3.8, 4) is 0 Å². The zero-order valence-corrected chi connectivity index (χ0v) is 16.8. The summed E-state index contributed by atoms with van der Waals surface area (Å²) in [4.78, 5) is 25.8. The Morgan fingerprint density at radius 1 is 1.00 bits per heavy atom. The Labute approximate surface area is 166 Å². The quantitative estimate of drug-likeness (QED) is 0.729. The highest BCUT2D eigenvalue weighted by Crippen LogP contribution is 2.17. The number of amides is 3. The highest BCUT2D eigenvalue weighted by molar-refractivity contribution is 7.88. The Morgan fingerprint density at radius 2 is 1.64 bits per heavy atom. The van der Waals surface area contributed by atoms with Gasteiger partial charge in [-0.15, -0.1) is 0 Å². The molecule has 8 nitrogen and oxygen atoms in total. The van der Waals surface area contributed by atoms with E-state index >= 15 is 0 Å². The van der Waals surface area contributed by atoms with Crippen molar-refractivity contribution in [2.45, 2.75) is 37.5 Å². The number of hydrogen-bond acceptors (Lipinski definition) is 5. The van der Waals surface area contributed by atoms with Gasteiger partial charge in [-0.3, -0.25) is 15.0 Å². The van der Waals surface area contributed by atoms with Crippen molar-refractivity contribution in [3.63, 3.8) is 0 Å². The number of rotatable bonds is 6. The third kappa shape index (κ3) is 6.02. The summed E-state index contributed by atoms with van der Waals surface area (Å²) < 4.78 is 26.6. The topological polar surface area (TPSA) is 98.8 Å². The fourth-order valence-electron chi connectivity index (χ4n) is 3.70. The summed E-state index contributed by atoms with van der Waals surface area (Å²) in [6.45, 7) is 1.70. The van der Waals surface area contributed by atoms with E-state index in [2.05, 4.69) is 10.6 Å². The standard InChI is InChI=1S/C19H28N4O4S/c24-18(21-19(25)20-17-8-4-5-9-17)14-22-10-12-23(13-11-22)28(26,27)15-16-6-2-1-3-7-16/h1-3,6-7,17H,4-5,8-15H2,(H2,20,21,24,25). The summed E-state index contributed by atoms with van der Waals surface area (Å²) in [5, 5.41) is 5.19. The fourth-order valence-corrected chi connectivity index (χ4v) is 5.22. The summed E-state index contributed by atoms with van der Waals surface area (Å²) >= 11 is 0. The van der Waals surface area contributed by atoms with E-state index in [1.807, 2.05) is 23.1 Å². The van der Waals surface area contributed by atoms with Crippen LogP contribution in [-0.2, 0) is 20.6 Å². The van der Waals surface area contributed by atoms with Crippen LogP contribution >= 0.6 is 0 Å². The average Bonchev–Trinajstić information content (AvgIpc) is 3.15. The molecule has 9 heteroatoms. The summed E-state index contributed by atoms with van der Waals surface area (Å²) in [6.07, 6.45) is 4.13. The van der Waals surface area contributed by atoms with Crippen LogP contribution in [0, 0.1) is 0 Å². The second-order valence-electron chi connectivity index (χ2n) is 7.42. The molecule has 0 bridgehead atoms. The van der Waals surface area contributed by atoms with E-state index in [0.29, 0.717) is 26.2 Å². The van der Waals surface area contributed by atoms with Crippen LogP contribution in [0.15, 0.2) is 30.3 Å². The van der Waals surface area contributed by atoms with Gasteiger partial charge in [-0.05, 0) is 18.4 Å². The minimum atomic E-state index is -3.38. The number of imide groups is 1. The van der Waals surface area contributed by atoms with Crippen molar-refractivity contribution in [2.75, 3.05) is 32.7 Å². The molecule has 1 aliphatic heterocycles. The molecule has 0 radical (unpaired) electrons. The number of nitrogens with one attached hydrogen (secondary N) is 2. The molecule has 0 aromatic heterocycles. The number of nitrogens with zero attached hydrogens (tertiary/aromatic N) is 2. The Kier molecular flexibility index (Phi) is 7.03. The molecular formula is C19H28N4O4S. The predicted molar refractivity (Wildman–Crippen MR) is 106 cm³/mol. The lowest BCUT2D eigenvalue weighted by Crippen LogP contribution is -2.52. The van der Waals surface area contributed by atoms with Crippen molar-refractivity contribution < 1.29 is 18.0 Å². The van der Waals surface area contributed by atoms with E-state index in [-0.39, 0.29) is 24.2 Å². The van der Waals surface area contributed by atoms with E-state index in [1.54, 1.807) is 12.1 Å². The zero-order chi connectivity index (χ0) is 20.0. The first-order valence-corrected chi connectivity index (χ1v) is 11.4. The highest BCUT2D eigenvalue weighted by atomic mass is 32.2. The lowest BCUT2D eigenvalue weighted by molar-refractivity contribution is -0.121. The van der Waals surface area contributed by atoms with E-state index < -0.39 is 16.1 Å². The number of benzene rings is 1. The molecule has 28 heavy (non-hydrogen) atoms. The first-order valence-electron chi connectivity index (χ1n) is 9.77. The average molecular weight is 409 g/mol. The van der Waals surface area contributed by atoms with Gasteiger partial charge in [-0.1, -0.05) is 43.2 Å². The van der Waals surface area contributed by atoms with Crippen LogP contribution in [0.2, 0.25) is 0 Å². The van der Waals surface area contributed by atoms with Gasteiger partial charge in [0, 0.05) is 32.2 Å². The molecule has 2 N–H and O–H groups in total. The predicted octanol–water partition coefficient (Wildman–Crippen LogP) is 0.902. The number of carbonyl (C=O) groups is 2. The number of sulfonamides is 1. The number of hydrogen-bond donors (Lipinski definition) is 2. The van der Waals surface area contributed by atoms with Gasteiger partial charge in [0.05, 0.1) is 12.3 Å². The Hall–Kier alpha value is -1.97. The Bertz CT molecular complexity index is 770. The van der Waals surface area contributed by atoms with Crippen LogP contribution in [0.5, 0.6) is 0 Å². The van der Waals surface area contributed by atoms with E-state index in [9.17, 15) is 18.0 Å². The van der Waals surface area contributed by atoms with Gasteiger partial charge in [-0.25, -0.2) is 13.2 Å². The second kappa shape index (κ2) is 9.49.